The van der Waals surface area contributed by atoms with Crippen LogP contribution in [0.15, 0.2) is 48.5 Å². The summed E-state index contributed by atoms with van der Waals surface area (Å²) in [4.78, 5) is 22.4. The molecular formula is C17H16F3N3O4. The number of nitrogens with one attached hydrogen (secondary N) is 2. The van der Waals surface area contributed by atoms with Crippen LogP contribution in [-0.4, -0.2) is 30.2 Å². The molecule has 1 amide bonds. The van der Waals surface area contributed by atoms with Crippen molar-refractivity contribution in [3.05, 3.63) is 58.6 Å². The molecule has 0 aliphatic heterocycles. The van der Waals surface area contributed by atoms with Gasteiger partial charge in [0.2, 0.25) is 5.91 Å². The van der Waals surface area contributed by atoms with Crippen LogP contribution >= 0.6 is 0 Å². The van der Waals surface area contributed by atoms with E-state index in [1.165, 1.54) is 36.4 Å². The van der Waals surface area contributed by atoms with Crippen molar-refractivity contribution < 1.29 is 27.6 Å². The SMILES string of the molecule is O=C(CCNc1ccccc1[N+](=O)[O-])Nc1ccccc1OCC(F)(F)F. The molecule has 0 aromatic heterocycles. The standard InChI is InChI=1S/C17H16F3N3O4/c18-17(19,20)11-27-15-8-4-2-6-13(15)22-16(24)9-10-21-12-5-1-3-7-14(12)23(25)26/h1-8,21H,9-11H2,(H,22,24). The Morgan fingerprint density at radius 2 is 1.70 bits per heavy atom. The maximum atomic E-state index is 12.3. The second-order valence-corrected chi connectivity index (χ2v) is 5.40. The van der Waals surface area contributed by atoms with Gasteiger partial charge in [0.05, 0.1) is 10.6 Å². The Morgan fingerprint density at radius 3 is 2.37 bits per heavy atom. The Bertz CT molecular complexity index is 812. The summed E-state index contributed by atoms with van der Waals surface area (Å²) in [6.45, 7) is -1.37. The minimum absolute atomic E-state index is 0.0559. The number of halogens is 3. The van der Waals surface area contributed by atoms with Gasteiger partial charge in [-0.3, -0.25) is 14.9 Å². The van der Waals surface area contributed by atoms with Gasteiger partial charge in [-0.05, 0) is 18.2 Å². The van der Waals surface area contributed by atoms with Crippen LogP contribution in [0.4, 0.5) is 30.2 Å². The highest BCUT2D eigenvalue weighted by molar-refractivity contribution is 5.92. The molecule has 0 unspecified atom stereocenters. The maximum Gasteiger partial charge on any atom is 0.422 e. The summed E-state index contributed by atoms with van der Waals surface area (Å²) in [6, 6.07) is 11.7. The van der Waals surface area contributed by atoms with E-state index in [4.69, 9.17) is 0 Å². The molecular weight excluding hydrogens is 367 g/mol. The van der Waals surface area contributed by atoms with E-state index < -0.39 is 23.6 Å². The van der Waals surface area contributed by atoms with Crippen LogP contribution < -0.4 is 15.4 Å². The molecule has 0 spiro atoms. The zero-order valence-electron chi connectivity index (χ0n) is 14.0. The third-order valence-electron chi connectivity index (χ3n) is 3.32. The molecule has 10 heteroatoms. The first-order chi connectivity index (χ1) is 12.8. The predicted octanol–water partition coefficient (Wildman–Crippen LogP) is 3.98. The third-order valence-corrected chi connectivity index (χ3v) is 3.32. The normalized spacial score (nSPS) is 10.9. The predicted molar refractivity (Wildman–Crippen MR) is 92.8 cm³/mol. The number of carbonyl (C=O) groups is 1. The molecule has 0 atom stereocenters. The molecule has 2 aromatic carbocycles. The van der Waals surface area contributed by atoms with Crippen molar-refractivity contribution in [2.45, 2.75) is 12.6 Å². The van der Waals surface area contributed by atoms with E-state index in [2.05, 4.69) is 15.4 Å². The number of alkyl halides is 3. The number of carbonyl (C=O) groups excluding carboxylic acids is 1. The quantitative estimate of drug-likeness (QED) is 0.531. The fourth-order valence-corrected chi connectivity index (χ4v) is 2.16. The fraction of sp³-hybridized carbons (Fsp3) is 0.235. The van der Waals surface area contributed by atoms with E-state index in [1.54, 1.807) is 12.1 Å². The maximum absolute atomic E-state index is 12.3. The number of rotatable bonds is 8. The monoisotopic (exact) mass is 383 g/mol. The molecule has 144 valence electrons. The average molecular weight is 383 g/mol. The number of nitro groups is 1. The number of anilines is 2. The molecule has 27 heavy (non-hydrogen) atoms. The number of hydrogen-bond acceptors (Lipinski definition) is 5. The molecule has 0 heterocycles. The van der Waals surface area contributed by atoms with Gasteiger partial charge < -0.3 is 15.4 Å². The number of nitro benzene ring substituents is 1. The number of benzene rings is 2. The summed E-state index contributed by atoms with van der Waals surface area (Å²) in [5.74, 6) is -0.584. The van der Waals surface area contributed by atoms with Crippen molar-refractivity contribution in [1.82, 2.24) is 0 Å². The van der Waals surface area contributed by atoms with Crippen LogP contribution in [0.1, 0.15) is 6.42 Å². The summed E-state index contributed by atoms with van der Waals surface area (Å²) in [5, 5.41) is 16.2. The zero-order valence-corrected chi connectivity index (χ0v) is 14.0. The Labute approximate surface area is 152 Å². The van der Waals surface area contributed by atoms with Gasteiger partial charge in [-0.2, -0.15) is 13.2 Å². The Morgan fingerprint density at radius 1 is 1.07 bits per heavy atom. The first kappa shape index (κ1) is 20.0. The number of nitrogens with zero attached hydrogens (tertiary/aromatic N) is 1. The summed E-state index contributed by atoms with van der Waals surface area (Å²) < 4.78 is 41.5. The number of ether oxygens (including phenoxy) is 1. The molecule has 0 aliphatic carbocycles. The number of para-hydroxylation sites is 4. The fourth-order valence-electron chi connectivity index (χ4n) is 2.16. The highest BCUT2D eigenvalue weighted by atomic mass is 19.4. The number of amides is 1. The molecule has 0 fully saturated rings. The highest BCUT2D eigenvalue weighted by Crippen LogP contribution is 2.26. The smallest absolute Gasteiger partial charge is 0.422 e. The Balaban J connectivity index is 1.91. The van der Waals surface area contributed by atoms with Gasteiger partial charge >= 0.3 is 6.18 Å². The lowest BCUT2D eigenvalue weighted by atomic mass is 10.2. The van der Waals surface area contributed by atoms with Gasteiger partial charge in [-0.1, -0.05) is 24.3 Å². The summed E-state index contributed by atoms with van der Waals surface area (Å²) >= 11 is 0. The van der Waals surface area contributed by atoms with E-state index in [0.717, 1.165) is 0 Å². The van der Waals surface area contributed by atoms with Crippen molar-refractivity contribution in [1.29, 1.82) is 0 Å². The first-order valence-corrected chi connectivity index (χ1v) is 7.82. The topological polar surface area (TPSA) is 93.5 Å². The Hall–Kier alpha value is -3.30. The molecule has 0 aliphatic rings. The van der Waals surface area contributed by atoms with Gasteiger partial charge in [-0.25, -0.2) is 0 Å². The van der Waals surface area contributed by atoms with Crippen molar-refractivity contribution in [3.8, 4) is 5.75 Å². The lowest BCUT2D eigenvalue weighted by molar-refractivity contribution is -0.384. The van der Waals surface area contributed by atoms with Gasteiger partial charge in [0, 0.05) is 19.0 Å². The van der Waals surface area contributed by atoms with Gasteiger partial charge in [0.15, 0.2) is 6.61 Å². The van der Waals surface area contributed by atoms with Crippen LogP contribution in [-0.2, 0) is 4.79 Å². The molecule has 2 N–H and O–H groups in total. The van der Waals surface area contributed by atoms with E-state index in [0.29, 0.717) is 0 Å². The molecule has 0 radical (unpaired) electrons. The minimum atomic E-state index is -4.49. The average Bonchev–Trinajstić information content (AvgIpc) is 2.60. The second kappa shape index (κ2) is 8.88. The molecule has 2 aromatic rings. The largest absolute Gasteiger partial charge is 0.482 e. The van der Waals surface area contributed by atoms with Crippen LogP contribution in [0, 0.1) is 10.1 Å². The van der Waals surface area contributed by atoms with Crippen LogP contribution in [0.25, 0.3) is 0 Å². The molecule has 0 saturated carbocycles. The zero-order chi connectivity index (χ0) is 19.9. The van der Waals surface area contributed by atoms with Crippen LogP contribution in [0.2, 0.25) is 0 Å². The molecule has 0 saturated heterocycles. The summed E-state index contributed by atoms with van der Waals surface area (Å²) in [7, 11) is 0. The van der Waals surface area contributed by atoms with Crippen molar-refractivity contribution >= 4 is 23.0 Å². The van der Waals surface area contributed by atoms with Crippen LogP contribution in [0.5, 0.6) is 5.75 Å². The molecule has 0 bridgehead atoms. The van der Waals surface area contributed by atoms with Crippen molar-refractivity contribution in [3.63, 3.8) is 0 Å². The second-order valence-electron chi connectivity index (χ2n) is 5.40. The molecule has 7 nitrogen and oxygen atoms in total. The summed E-state index contributed by atoms with van der Waals surface area (Å²) in [5.41, 5.74) is 0.255. The van der Waals surface area contributed by atoms with E-state index in [9.17, 15) is 28.1 Å². The van der Waals surface area contributed by atoms with Crippen LogP contribution in [0.3, 0.4) is 0 Å². The Kier molecular flexibility index (Phi) is 6.58. The van der Waals surface area contributed by atoms with E-state index in [-0.39, 0.29) is 35.8 Å². The number of hydrogen-bond donors (Lipinski definition) is 2. The van der Waals surface area contributed by atoms with Gasteiger partial charge in [0.1, 0.15) is 11.4 Å². The van der Waals surface area contributed by atoms with Crippen molar-refractivity contribution in [2.75, 3.05) is 23.8 Å². The van der Waals surface area contributed by atoms with Gasteiger partial charge in [0.25, 0.3) is 5.69 Å². The van der Waals surface area contributed by atoms with Crippen molar-refractivity contribution in [2.24, 2.45) is 0 Å². The summed E-state index contributed by atoms with van der Waals surface area (Å²) in [6.07, 6.45) is -4.55. The van der Waals surface area contributed by atoms with Gasteiger partial charge in [-0.15, -0.1) is 0 Å². The van der Waals surface area contributed by atoms with E-state index in [1.807, 2.05) is 0 Å². The first-order valence-electron chi connectivity index (χ1n) is 7.82. The lowest BCUT2D eigenvalue weighted by Gasteiger charge is -2.14. The third kappa shape index (κ3) is 6.49. The molecule has 2 rings (SSSR count). The van der Waals surface area contributed by atoms with E-state index >= 15 is 0 Å². The highest BCUT2D eigenvalue weighted by Gasteiger charge is 2.28. The lowest BCUT2D eigenvalue weighted by Crippen LogP contribution is -2.21. The minimum Gasteiger partial charge on any atom is -0.482 e.